The molecule has 0 aliphatic rings. The van der Waals surface area contributed by atoms with E-state index in [-0.39, 0.29) is 5.91 Å². The molecule has 0 bridgehead atoms. The van der Waals surface area contributed by atoms with Crippen LogP contribution in [0.3, 0.4) is 0 Å². The van der Waals surface area contributed by atoms with Gasteiger partial charge < -0.3 is 11.1 Å². The Morgan fingerprint density at radius 3 is 2.86 bits per heavy atom. The van der Waals surface area contributed by atoms with Crippen LogP contribution in [0.4, 0.5) is 5.69 Å². The number of benzene rings is 1. The van der Waals surface area contributed by atoms with Gasteiger partial charge in [0.2, 0.25) is 5.91 Å². The van der Waals surface area contributed by atoms with E-state index in [0.29, 0.717) is 19.5 Å². The molecule has 0 spiro atoms. The summed E-state index contributed by atoms with van der Waals surface area (Å²) >= 11 is 0. The van der Waals surface area contributed by atoms with E-state index in [9.17, 15) is 4.79 Å². The maximum atomic E-state index is 11.9. The van der Waals surface area contributed by atoms with Gasteiger partial charge in [0.15, 0.2) is 0 Å². The van der Waals surface area contributed by atoms with Crippen molar-refractivity contribution in [3.63, 3.8) is 0 Å². The second-order valence-electron chi connectivity index (χ2n) is 4.99. The molecule has 3 N–H and O–H groups in total. The van der Waals surface area contributed by atoms with E-state index in [1.54, 1.807) is 0 Å². The van der Waals surface area contributed by atoms with Gasteiger partial charge in [-0.2, -0.15) is 5.10 Å². The van der Waals surface area contributed by atoms with Crippen molar-refractivity contribution in [2.45, 2.75) is 39.8 Å². The van der Waals surface area contributed by atoms with E-state index in [4.69, 9.17) is 5.73 Å². The Hall–Kier alpha value is -2.21. The van der Waals surface area contributed by atoms with E-state index in [0.717, 1.165) is 29.3 Å². The van der Waals surface area contributed by atoms with E-state index < -0.39 is 0 Å². The maximum absolute atomic E-state index is 11.9. The zero-order valence-electron chi connectivity index (χ0n) is 12.5. The topological polar surface area (TPSA) is 85.8 Å². The number of carbonyl (C=O) groups excluding carboxylic acids is 1. The summed E-state index contributed by atoms with van der Waals surface area (Å²) in [6.07, 6.45) is 1.18. The minimum atomic E-state index is -0.00124. The summed E-state index contributed by atoms with van der Waals surface area (Å²) in [5.41, 5.74) is 7.37. The molecule has 112 valence electrons. The Bertz CT molecular complexity index is 620. The molecule has 1 amide bonds. The van der Waals surface area contributed by atoms with Crippen LogP contribution in [0.25, 0.3) is 0 Å². The second kappa shape index (κ2) is 6.99. The summed E-state index contributed by atoms with van der Waals surface area (Å²) in [6.45, 7) is 4.94. The van der Waals surface area contributed by atoms with Crippen molar-refractivity contribution in [2.24, 2.45) is 5.73 Å². The lowest BCUT2D eigenvalue weighted by Crippen LogP contribution is -2.13. The highest BCUT2D eigenvalue weighted by atomic mass is 16.1. The monoisotopic (exact) mass is 287 g/mol. The van der Waals surface area contributed by atoms with Crippen molar-refractivity contribution in [3.05, 3.63) is 41.5 Å². The summed E-state index contributed by atoms with van der Waals surface area (Å²) in [6, 6.07) is 7.58. The number of aryl methyl sites for hydroxylation is 3. The van der Waals surface area contributed by atoms with Crippen LogP contribution in [0.2, 0.25) is 0 Å². The molecule has 1 aromatic heterocycles. The van der Waals surface area contributed by atoms with Gasteiger partial charge in [-0.1, -0.05) is 12.1 Å². The van der Waals surface area contributed by atoms with Crippen LogP contribution >= 0.6 is 0 Å². The first-order valence-corrected chi connectivity index (χ1v) is 7.05. The average Bonchev–Trinajstić information content (AvgIpc) is 2.77. The Balaban J connectivity index is 1.80. The molecule has 2 rings (SSSR count). The molecular formula is C15H21N5O. The molecule has 0 atom stereocenters. The van der Waals surface area contributed by atoms with Gasteiger partial charge in [0.05, 0.1) is 0 Å². The number of anilines is 1. The van der Waals surface area contributed by atoms with Gasteiger partial charge in [0.1, 0.15) is 11.6 Å². The number of nitrogens with two attached hydrogens (primary N) is 1. The van der Waals surface area contributed by atoms with Gasteiger partial charge in [-0.15, -0.1) is 0 Å². The van der Waals surface area contributed by atoms with Gasteiger partial charge in [-0.3, -0.25) is 9.48 Å². The summed E-state index contributed by atoms with van der Waals surface area (Å²) < 4.78 is 1.83. The second-order valence-corrected chi connectivity index (χ2v) is 4.99. The van der Waals surface area contributed by atoms with E-state index in [1.165, 1.54) is 0 Å². The highest BCUT2D eigenvalue weighted by Gasteiger charge is 2.05. The molecule has 0 saturated carbocycles. The fourth-order valence-corrected chi connectivity index (χ4v) is 2.16. The fraction of sp³-hybridized carbons (Fsp3) is 0.400. The first-order valence-electron chi connectivity index (χ1n) is 7.05. The quantitative estimate of drug-likeness (QED) is 0.848. The fourth-order valence-electron chi connectivity index (χ4n) is 2.16. The summed E-state index contributed by atoms with van der Waals surface area (Å²) in [5, 5.41) is 7.16. The lowest BCUT2D eigenvalue weighted by atomic mass is 10.2. The predicted octanol–water partition coefficient (Wildman–Crippen LogP) is 1.77. The minimum Gasteiger partial charge on any atom is -0.326 e. The summed E-state index contributed by atoms with van der Waals surface area (Å²) in [5.74, 6) is 1.64. The van der Waals surface area contributed by atoms with E-state index >= 15 is 0 Å². The SMILES string of the molecule is Cc1nc(C)n(CCCC(=O)Nc2cccc(CN)c2)n1. The van der Waals surface area contributed by atoms with Crippen molar-refractivity contribution in [1.29, 1.82) is 0 Å². The molecule has 1 heterocycles. The smallest absolute Gasteiger partial charge is 0.224 e. The van der Waals surface area contributed by atoms with Gasteiger partial charge in [0, 0.05) is 25.2 Å². The Labute approximate surface area is 124 Å². The molecule has 0 saturated heterocycles. The third-order valence-corrected chi connectivity index (χ3v) is 3.18. The molecule has 0 unspecified atom stereocenters. The zero-order valence-corrected chi connectivity index (χ0v) is 12.5. The summed E-state index contributed by atoms with van der Waals surface area (Å²) in [4.78, 5) is 16.1. The van der Waals surface area contributed by atoms with Crippen molar-refractivity contribution < 1.29 is 4.79 Å². The van der Waals surface area contributed by atoms with Crippen LogP contribution < -0.4 is 11.1 Å². The number of rotatable bonds is 6. The van der Waals surface area contributed by atoms with Gasteiger partial charge in [-0.05, 0) is 38.0 Å². The van der Waals surface area contributed by atoms with Crippen molar-refractivity contribution in [3.8, 4) is 0 Å². The standard InChI is InChI=1S/C15H21N5O/c1-11-17-12(2)20(19-11)8-4-7-15(21)18-14-6-3-5-13(9-14)10-16/h3,5-6,9H,4,7-8,10,16H2,1-2H3,(H,18,21). The Kier molecular flexibility index (Phi) is 5.05. The number of hydrogen-bond acceptors (Lipinski definition) is 4. The molecule has 0 fully saturated rings. The lowest BCUT2D eigenvalue weighted by Gasteiger charge is -2.07. The molecule has 2 aromatic rings. The zero-order chi connectivity index (χ0) is 15.2. The molecule has 6 nitrogen and oxygen atoms in total. The maximum Gasteiger partial charge on any atom is 0.224 e. The first kappa shape index (κ1) is 15.2. The van der Waals surface area contributed by atoms with Gasteiger partial charge in [-0.25, -0.2) is 4.98 Å². The Morgan fingerprint density at radius 2 is 2.19 bits per heavy atom. The first-order chi connectivity index (χ1) is 10.1. The third-order valence-electron chi connectivity index (χ3n) is 3.18. The number of amides is 1. The number of nitrogens with zero attached hydrogens (tertiary/aromatic N) is 3. The van der Waals surface area contributed by atoms with Crippen LogP contribution in [0.15, 0.2) is 24.3 Å². The normalized spacial score (nSPS) is 10.6. The van der Waals surface area contributed by atoms with E-state index in [1.807, 2.05) is 42.8 Å². The van der Waals surface area contributed by atoms with Crippen LogP contribution in [0.5, 0.6) is 0 Å². The Morgan fingerprint density at radius 1 is 1.38 bits per heavy atom. The van der Waals surface area contributed by atoms with Crippen molar-refractivity contribution in [2.75, 3.05) is 5.32 Å². The van der Waals surface area contributed by atoms with Crippen LogP contribution in [-0.4, -0.2) is 20.7 Å². The third kappa shape index (κ3) is 4.39. The molecular weight excluding hydrogens is 266 g/mol. The number of aromatic nitrogens is 3. The predicted molar refractivity (Wildman–Crippen MR) is 81.7 cm³/mol. The molecule has 1 aromatic carbocycles. The molecule has 0 radical (unpaired) electrons. The highest BCUT2D eigenvalue weighted by Crippen LogP contribution is 2.11. The molecule has 6 heteroatoms. The van der Waals surface area contributed by atoms with Gasteiger partial charge in [0.25, 0.3) is 0 Å². The van der Waals surface area contributed by atoms with E-state index in [2.05, 4.69) is 15.4 Å². The van der Waals surface area contributed by atoms with Crippen LogP contribution in [0, 0.1) is 13.8 Å². The number of hydrogen-bond donors (Lipinski definition) is 2. The number of nitrogens with one attached hydrogen (secondary N) is 1. The lowest BCUT2D eigenvalue weighted by molar-refractivity contribution is -0.116. The average molecular weight is 287 g/mol. The highest BCUT2D eigenvalue weighted by molar-refractivity contribution is 5.90. The van der Waals surface area contributed by atoms with Crippen molar-refractivity contribution in [1.82, 2.24) is 14.8 Å². The molecule has 0 aliphatic carbocycles. The molecule has 0 aliphatic heterocycles. The van der Waals surface area contributed by atoms with Gasteiger partial charge >= 0.3 is 0 Å². The van der Waals surface area contributed by atoms with Crippen LogP contribution in [0.1, 0.15) is 30.1 Å². The molecule has 21 heavy (non-hydrogen) atoms. The number of carbonyl (C=O) groups is 1. The summed E-state index contributed by atoms with van der Waals surface area (Å²) in [7, 11) is 0. The largest absolute Gasteiger partial charge is 0.326 e. The van der Waals surface area contributed by atoms with Crippen LogP contribution in [-0.2, 0) is 17.9 Å². The van der Waals surface area contributed by atoms with Crippen molar-refractivity contribution >= 4 is 11.6 Å². The minimum absolute atomic E-state index is 0.00124.